The first-order valence-electron chi connectivity index (χ1n) is 4.52. The highest BCUT2D eigenvalue weighted by Crippen LogP contribution is 2.07. The van der Waals surface area contributed by atoms with Crippen LogP contribution in [0.15, 0.2) is 4.99 Å². The summed E-state index contributed by atoms with van der Waals surface area (Å²) in [5.74, 6) is 2.06. The Morgan fingerprint density at radius 3 is 2.82 bits per heavy atom. The van der Waals surface area contributed by atoms with E-state index < -0.39 is 0 Å². The largest absolute Gasteiger partial charge is 0.358 e. The third-order valence-corrected chi connectivity index (χ3v) is 1.93. The van der Waals surface area contributed by atoms with Gasteiger partial charge in [-0.3, -0.25) is 4.99 Å². The fourth-order valence-corrected chi connectivity index (χ4v) is 1.50. The second-order valence-corrected chi connectivity index (χ2v) is 3.49. The Bertz CT molecular complexity index is 150. The molecule has 0 saturated carbocycles. The number of hydrogen-bond acceptors (Lipinski definition) is 2. The fraction of sp³-hybridized carbons (Fsp3) is 0.889. The minimum Gasteiger partial charge on any atom is -0.358 e. The topological polar surface area (TPSA) is 15.6 Å². The van der Waals surface area contributed by atoms with Crippen LogP contribution in [0.5, 0.6) is 0 Å². The quantitative estimate of drug-likeness (QED) is 0.605. The molecule has 0 atom stereocenters. The average molecular weight is 154 g/mol. The van der Waals surface area contributed by atoms with Crippen molar-refractivity contribution in [1.82, 2.24) is 4.90 Å². The number of amidine groups is 1. The van der Waals surface area contributed by atoms with Gasteiger partial charge in [-0.05, 0) is 5.92 Å². The molecule has 0 amide bonds. The molecule has 0 radical (unpaired) electrons. The molecule has 64 valence electrons. The highest BCUT2D eigenvalue weighted by atomic mass is 15.2. The third-order valence-electron chi connectivity index (χ3n) is 1.93. The molecule has 1 aliphatic rings. The van der Waals surface area contributed by atoms with Gasteiger partial charge in [0.1, 0.15) is 0 Å². The van der Waals surface area contributed by atoms with Gasteiger partial charge in [0.25, 0.3) is 0 Å². The van der Waals surface area contributed by atoms with Gasteiger partial charge in [-0.25, -0.2) is 0 Å². The monoisotopic (exact) mass is 154 g/mol. The maximum atomic E-state index is 4.43. The van der Waals surface area contributed by atoms with Crippen LogP contribution in [-0.2, 0) is 0 Å². The SMILES string of the molecule is CCC1=NCCN1CC(C)C. The molecule has 0 unspecified atom stereocenters. The van der Waals surface area contributed by atoms with E-state index in [1.165, 1.54) is 12.4 Å². The first kappa shape index (κ1) is 8.57. The highest BCUT2D eigenvalue weighted by Gasteiger charge is 2.14. The Balaban J connectivity index is 2.40. The van der Waals surface area contributed by atoms with Crippen LogP contribution in [0.25, 0.3) is 0 Å². The normalized spacial score (nSPS) is 17.8. The molecule has 2 heteroatoms. The molecule has 0 aromatic heterocycles. The van der Waals surface area contributed by atoms with Crippen LogP contribution in [0.1, 0.15) is 27.2 Å². The van der Waals surface area contributed by atoms with Crippen LogP contribution in [0, 0.1) is 5.92 Å². The van der Waals surface area contributed by atoms with Crippen LogP contribution in [0.2, 0.25) is 0 Å². The van der Waals surface area contributed by atoms with Gasteiger partial charge in [0.2, 0.25) is 0 Å². The first-order chi connectivity index (χ1) is 5.24. The van der Waals surface area contributed by atoms with Crippen molar-refractivity contribution in [3.05, 3.63) is 0 Å². The summed E-state index contributed by atoms with van der Waals surface area (Å²) in [7, 11) is 0. The molecule has 0 saturated heterocycles. The molecule has 1 heterocycles. The Morgan fingerprint density at radius 1 is 1.55 bits per heavy atom. The van der Waals surface area contributed by atoms with E-state index in [1.54, 1.807) is 0 Å². The summed E-state index contributed by atoms with van der Waals surface area (Å²) in [5.41, 5.74) is 0. The average Bonchev–Trinajstić information content (AvgIpc) is 2.34. The Hall–Kier alpha value is -0.530. The van der Waals surface area contributed by atoms with E-state index in [0.717, 1.165) is 25.4 Å². The lowest BCUT2D eigenvalue weighted by Crippen LogP contribution is -2.30. The van der Waals surface area contributed by atoms with E-state index in [4.69, 9.17) is 0 Å². The molecule has 0 spiro atoms. The number of aliphatic imine (C=N–C) groups is 1. The Morgan fingerprint density at radius 2 is 2.27 bits per heavy atom. The molecule has 2 nitrogen and oxygen atoms in total. The summed E-state index contributed by atoms with van der Waals surface area (Å²) in [6.07, 6.45) is 1.09. The lowest BCUT2D eigenvalue weighted by Gasteiger charge is -2.21. The van der Waals surface area contributed by atoms with E-state index in [-0.39, 0.29) is 0 Å². The van der Waals surface area contributed by atoms with Crippen molar-refractivity contribution in [2.45, 2.75) is 27.2 Å². The standard InChI is InChI=1S/C9H18N2/c1-4-9-10-5-6-11(9)7-8(2)3/h8H,4-7H2,1-3H3. The van der Waals surface area contributed by atoms with Crippen LogP contribution in [0.3, 0.4) is 0 Å². The first-order valence-corrected chi connectivity index (χ1v) is 4.52. The summed E-state index contributed by atoms with van der Waals surface area (Å²) in [6.45, 7) is 10.0. The van der Waals surface area contributed by atoms with Gasteiger partial charge in [-0.2, -0.15) is 0 Å². The predicted octanol–water partition coefficient (Wildman–Crippen LogP) is 1.77. The van der Waals surface area contributed by atoms with Gasteiger partial charge in [0.15, 0.2) is 0 Å². The van der Waals surface area contributed by atoms with Gasteiger partial charge < -0.3 is 4.90 Å². The van der Waals surface area contributed by atoms with E-state index in [1.807, 2.05) is 0 Å². The fourth-order valence-electron chi connectivity index (χ4n) is 1.50. The van der Waals surface area contributed by atoms with Crippen molar-refractivity contribution >= 4 is 5.84 Å². The maximum absolute atomic E-state index is 4.43. The molecule has 0 aromatic carbocycles. The molecule has 1 rings (SSSR count). The second-order valence-electron chi connectivity index (χ2n) is 3.49. The van der Waals surface area contributed by atoms with Gasteiger partial charge >= 0.3 is 0 Å². The van der Waals surface area contributed by atoms with Crippen molar-refractivity contribution < 1.29 is 0 Å². The molecule has 0 bridgehead atoms. The van der Waals surface area contributed by atoms with Crippen molar-refractivity contribution in [2.75, 3.05) is 19.6 Å². The van der Waals surface area contributed by atoms with Crippen LogP contribution in [0.4, 0.5) is 0 Å². The summed E-state index contributed by atoms with van der Waals surface area (Å²) >= 11 is 0. The van der Waals surface area contributed by atoms with Crippen molar-refractivity contribution in [3.63, 3.8) is 0 Å². The van der Waals surface area contributed by atoms with Crippen LogP contribution < -0.4 is 0 Å². The van der Waals surface area contributed by atoms with Gasteiger partial charge in [0.05, 0.1) is 12.4 Å². The predicted molar refractivity (Wildman–Crippen MR) is 49.0 cm³/mol. The number of nitrogens with zero attached hydrogens (tertiary/aromatic N) is 2. The minimum atomic E-state index is 0.754. The summed E-state index contributed by atoms with van der Waals surface area (Å²) in [4.78, 5) is 6.84. The van der Waals surface area contributed by atoms with Crippen LogP contribution in [-0.4, -0.2) is 30.4 Å². The zero-order valence-electron chi connectivity index (χ0n) is 7.80. The lowest BCUT2D eigenvalue weighted by molar-refractivity contribution is 0.388. The van der Waals surface area contributed by atoms with Gasteiger partial charge in [-0.15, -0.1) is 0 Å². The summed E-state index contributed by atoms with van der Waals surface area (Å²) in [5, 5.41) is 0. The second kappa shape index (κ2) is 3.74. The number of hydrogen-bond donors (Lipinski definition) is 0. The Kier molecular flexibility index (Phi) is 2.92. The van der Waals surface area contributed by atoms with E-state index in [2.05, 4.69) is 30.7 Å². The van der Waals surface area contributed by atoms with E-state index in [9.17, 15) is 0 Å². The lowest BCUT2D eigenvalue weighted by atomic mass is 10.2. The molecule has 0 aromatic rings. The van der Waals surface area contributed by atoms with Gasteiger partial charge in [0, 0.05) is 19.5 Å². The smallest absolute Gasteiger partial charge is 0.0987 e. The van der Waals surface area contributed by atoms with E-state index >= 15 is 0 Å². The molecule has 11 heavy (non-hydrogen) atoms. The highest BCUT2D eigenvalue weighted by molar-refractivity contribution is 5.83. The van der Waals surface area contributed by atoms with Gasteiger partial charge in [-0.1, -0.05) is 20.8 Å². The van der Waals surface area contributed by atoms with Crippen molar-refractivity contribution in [1.29, 1.82) is 0 Å². The van der Waals surface area contributed by atoms with Crippen molar-refractivity contribution in [3.8, 4) is 0 Å². The molecule has 0 N–H and O–H groups in total. The Labute approximate surface area is 69.3 Å². The molecule has 1 aliphatic heterocycles. The summed E-state index contributed by atoms with van der Waals surface area (Å²) < 4.78 is 0. The molecule has 0 aliphatic carbocycles. The van der Waals surface area contributed by atoms with E-state index in [0.29, 0.717) is 0 Å². The molecular formula is C9H18N2. The molecule has 0 fully saturated rings. The third kappa shape index (κ3) is 2.21. The molecular weight excluding hydrogens is 136 g/mol. The zero-order chi connectivity index (χ0) is 8.27. The van der Waals surface area contributed by atoms with Crippen LogP contribution >= 0.6 is 0 Å². The number of rotatable bonds is 3. The zero-order valence-corrected chi connectivity index (χ0v) is 7.80. The van der Waals surface area contributed by atoms with Crippen molar-refractivity contribution in [2.24, 2.45) is 10.9 Å². The maximum Gasteiger partial charge on any atom is 0.0987 e. The minimum absolute atomic E-state index is 0.754. The summed E-state index contributed by atoms with van der Waals surface area (Å²) in [6, 6.07) is 0.